The van der Waals surface area contributed by atoms with Crippen LogP contribution in [0.3, 0.4) is 0 Å². The smallest absolute Gasteiger partial charge is 0.0991 e. The molecule has 1 aromatic carbocycles. The summed E-state index contributed by atoms with van der Waals surface area (Å²) in [7, 11) is 0. The minimum absolute atomic E-state index is 0.603. The van der Waals surface area contributed by atoms with Gasteiger partial charge in [0, 0.05) is 0 Å². The van der Waals surface area contributed by atoms with Gasteiger partial charge in [-0.2, -0.15) is 5.26 Å². The van der Waals surface area contributed by atoms with E-state index in [0.29, 0.717) is 11.5 Å². The van der Waals surface area contributed by atoms with Crippen LogP contribution >= 0.6 is 0 Å². The van der Waals surface area contributed by atoms with E-state index < -0.39 is 5.60 Å². The Hall–Kier alpha value is -1.33. The van der Waals surface area contributed by atoms with Gasteiger partial charge in [0.25, 0.3) is 0 Å². The topological polar surface area (TPSA) is 44.0 Å². The number of nitriles is 1. The number of aliphatic hydroxyl groups is 1. The lowest BCUT2D eigenvalue weighted by Crippen LogP contribution is -2.21. The standard InChI is InChI=1S/C15H21NO/c1-12(2)6-5-9-15(3,17)14-8-4-7-13(10-14)11-16/h4,7-8,10,12,17H,5-6,9H2,1-3H3. The highest BCUT2D eigenvalue weighted by molar-refractivity contribution is 5.35. The molecule has 0 fully saturated rings. The Morgan fingerprint density at radius 1 is 1.41 bits per heavy atom. The molecule has 0 saturated heterocycles. The van der Waals surface area contributed by atoms with E-state index in [-0.39, 0.29) is 0 Å². The SMILES string of the molecule is CC(C)CCCC(C)(O)c1cccc(C#N)c1. The summed E-state index contributed by atoms with van der Waals surface area (Å²) >= 11 is 0. The van der Waals surface area contributed by atoms with Crippen LogP contribution in [0.1, 0.15) is 51.2 Å². The number of rotatable bonds is 5. The van der Waals surface area contributed by atoms with Crippen LogP contribution in [0, 0.1) is 17.2 Å². The Morgan fingerprint density at radius 2 is 2.12 bits per heavy atom. The van der Waals surface area contributed by atoms with Crippen LogP contribution in [0.2, 0.25) is 0 Å². The molecule has 1 rings (SSSR count). The van der Waals surface area contributed by atoms with Crippen molar-refractivity contribution >= 4 is 0 Å². The van der Waals surface area contributed by atoms with Crippen molar-refractivity contribution in [2.45, 2.75) is 45.6 Å². The first-order valence-electron chi connectivity index (χ1n) is 6.19. The summed E-state index contributed by atoms with van der Waals surface area (Å²) in [5.74, 6) is 0.663. The maximum absolute atomic E-state index is 10.4. The number of benzene rings is 1. The van der Waals surface area contributed by atoms with Gasteiger partial charge in [-0.05, 0) is 43.4 Å². The Morgan fingerprint density at radius 3 is 2.71 bits per heavy atom. The van der Waals surface area contributed by atoms with Crippen molar-refractivity contribution < 1.29 is 5.11 Å². The maximum Gasteiger partial charge on any atom is 0.0991 e. The van der Waals surface area contributed by atoms with E-state index in [1.807, 2.05) is 19.1 Å². The van der Waals surface area contributed by atoms with Crippen molar-refractivity contribution in [3.05, 3.63) is 35.4 Å². The van der Waals surface area contributed by atoms with E-state index in [4.69, 9.17) is 5.26 Å². The summed E-state index contributed by atoms with van der Waals surface area (Å²) in [4.78, 5) is 0. The summed E-state index contributed by atoms with van der Waals surface area (Å²) in [6.07, 6.45) is 2.86. The average molecular weight is 231 g/mol. The molecule has 1 N–H and O–H groups in total. The first-order valence-corrected chi connectivity index (χ1v) is 6.19. The van der Waals surface area contributed by atoms with Gasteiger partial charge in [0.2, 0.25) is 0 Å². The predicted octanol–water partition coefficient (Wildman–Crippen LogP) is 3.59. The van der Waals surface area contributed by atoms with Gasteiger partial charge in [0.1, 0.15) is 0 Å². The second-order valence-electron chi connectivity index (χ2n) is 5.25. The van der Waals surface area contributed by atoms with Crippen LogP contribution in [-0.2, 0) is 5.60 Å². The monoisotopic (exact) mass is 231 g/mol. The molecule has 0 aliphatic rings. The lowest BCUT2D eigenvalue weighted by atomic mass is 9.88. The average Bonchev–Trinajstić information content (AvgIpc) is 2.28. The Labute approximate surface area is 104 Å². The quantitative estimate of drug-likeness (QED) is 0.841. The lowest BCUT2D eigenvalue weighted by molar-refractivity contribution is 0.0441. The molecule has 2 nitrogen and oxygen atoms in total. The van der Waals surface area contributed by atoms with E-state index in [9.17, 15) is 5.11 Å². The van der Waals surface area contributed by atoms with Crippen LogP contribution in [-0.4, -0.2) is 5.11 Å². The van der Waals surface area contributed by atoms with E-state index in [0.717, 1.165) is 24.8 Å². The highest BCUT2D eigenvalue weighted by Crippen LogP contribution is 2.27. The van der Waals surface area contributed by atoms with E-state index in [1.54, 1.807) is 12.1 Å². The van der Waals surface area contributed by atoms with Crippen molar-refractivity contribution in [2.75, 3.05) is 0 Å². The van der Waals surface area contributed by atoms with Gasteiger partial charge in [-0.3, -0.25) is 0 Å². The third-order valence-electron chi connectivity index (χ3n) is 3.06. The zero-order valence-corrected chi connectivity index (χ0v) is 10.9. The number of hydrogen-bond donors (Lipinski definition) is 1. The van der Waals surface area contributed by atoms with Crippen LogP contribution in [0.5, 0.6) is 0 Å². The minimum atomic E-state index is -0.832. The molecule has 0 spiro atoms. The van der Waals surface area contributed by atoms with Crippen molar-refractivity contribution in [1.29, 1.82) is 5.26 Å². The van der Waals surface area contributed by atoms with Crippen molar-refractivity contribution in [3.63, 3.8) is 0 Å². The van der Waals surface area contributed by atoms with Crippen molar-refractivity contribution in [1.82, 2.24) is 0 Å². The summed E-state index contributed by atoms with van der Waals surface area (Å²) < 4.78 is 0. The summed E-state index contributed by atoms with van der Waals surface area (Å²) in [6, 6.07) is 9.34. The van der Waals surface area contributed by atoms with Gasteiger partial charge < -0.3 is 5.11 Å². The van der Waals surface area contributed by atoms with Gasteiger partial charge in [-0.1, -0.05) is 32.4 Å². The molecule has 0 aliphatic carbocycles. The van der Waals surface area contributed by atoms with E-state index >= 15 is 0 Å². The molecule has 2 heteroatoms. The second-order valence-corrected chi connectivity index (χ2v) is 5.25. The molecular weight excluding hydrogens is 210 g/mol. The fourth-order valence-corrected chi connectivity index (χ4v) is 1.92. The third-order valence-corrected chi connectivity index (χ3v) is 3.06. The molecule has 0 radical (unpaired) electrons. The zero-order chi connectivity index (χ0) is 12.9. The summed E-state index contributed by atoms with van der Waals surface area (Å²) in [5.41, 5.74) is 0.605. The molecule has 0 aliphatic heterocycles. The molecule has 0 heterocycles. The summed E-state index contributed by atoms with van der Waals surface area (Å²) in [5, 5.41) is 19.3. The maximum atomic E-state index is 10.4. The Bertz CT molecular complexity index is 402. The fourth-order valence-electron chi connectivity index (χ4n) is 1.92. The van der Waals surface area contributed by atoms with E-state index in [2.05, 4.69) is 19.9 Å². The fraction of sp³-hybridized carbons (Fsp3) is 0.533. The molecule has 0 aromatic heterocycles. The Kier molecular flexibility index (Phi) is 4.72. The van der Waals surface area contributed by atoms with Gasteiger partial charge >= 0.3 is 0 Å². The second kappa shape index (κ2) is 5.84. The van der Waals surface area contributed by atoms with Crippen LogP contribution in [0.25, 0.3) is 0 Å². The van der Waals surface area contributed by atoms with Gasteiger partial charge in [0.15, 0.2) is 0 Å². The molecule has 0 bridgehead atoms. The third kappa shape index (κ3) is 4.20. The first kappa shape index (κ1) is 13.7. The van der Waals surface area contributed by atoms with Crippen LogP contribution < -0.4 is 0 Å². The molecule has 1 unspecified atom stereocenters. The van der Waals surface area contributed by atoms with Crippen LogP contribution in [0.4, 0.5) is 0 Å². The predicted molar refractivity (Wildman–Crippen MR) is 69.4 cm³/mol. The molecule has 17 heavy (non-hydrogen) atoms. The van der Waals surface area contributed by atoms with Gasteiger partial charge in [-0.25, -0.2) is 0 Å². The molecule has 0 amide bonds. The summed E-state index contributed by atoms with van der Waals surface area (Å²) in [6.45, 7) is 6.19. The minimum Gasteiger partial charge on any atom is -0.385 e. The van der Waals surface area contributed by atoms with Gasteiger partial charge in [0.05, 0.1) is 17.2 Å². The number of nitrogens with zero attached hydrogens (tertiary/aromatic N) is 1. The molecule has 92 valence electrons. The van der Waals surface area contributed by atoms with Crippen LogP contribution in [0.15, 0.2) is 24.3 Å². The Balaban J connectivity index is 2.71. The normalized spacial score (nSPS) is 14.4. The van der Waals surface area contributed by atoms with E-state index in [1.165, 1.54) is 0 Å². The largest absolute Gasteiger partial charge is 0.385 e. The molecule has 0 saturated carbocycles. The van der Waals surface area contributed by atoms with Crippen molar-refractivity contribution in [3.8, 4) is 6.07 Å². The molecule has 1 atom stereocenters. The highest BCUT2D eigenvalue weighted by Gasteiger charge is 2.22. The molecule has 1 aromatic rings. The zero-order valence-electron chi connectivity index (χ0n) is 10.9. The molecular formula is C15H21NO. The van der Waals surface area contributed by atoms with Crippen molar-refractivity contribution in [2.24, 2.45) is 5.92 Å². The lowest BCUT2D eigenvalue weighted by Gasteiger charge is -2.24. The highest BCUT2D eigenvalue weighted by atomic mass is 16.3. The van der Waals surface area contributed by atoms with Gasteiger partial charge in [-0.15, -0.1) is 0 Å². The first-order chi connectivity index (χ1) is 7.95. The number of hydrogen-bond acceptors (Lipinski definition) is 2.